The van der Waals surface area contributed by atoms with Crippen molar-refractivity contribution < 1.29 is 9.53 Å². The summed E-state index contributed by atoms with van der Waals surface area (Å²) < 4.78 is 6.96. The highest BCUT2D eigenvalue weighted by atomic mass is 16.5. The molecule has 2 aliphatic heterocycles. The largest absolute Gasteiger partial charge is 0.464 e. The van der Waals surface area contributed by atoms with Crippen molar-refractivity contribution in [1.82, 2.24) is 14.7 Å². The average molecular weight is 221 g/mol. The van der Waals surface area contributed by atoms with Crippen LogP contribution in [-0.4, -0.2) is 46.4 Å². The van der Waals surface area contributed by atoms with Crippen LogP contribution in [0.1, 0.15) is 18.0 Å². The Kier molecular flexibility index (Phi) is 2.21. The molecule has 2 saturated heterocycles. The first-order valence-electron chi connectivity index (χ1n) is 5.65. The van der Waals surface area contributed by atoms with Crippen LogP contribution in [0.4, 0.5) is 0 Å². The standard InChI is InChI=1S/C11H15N3O2/c1-8-4-12-14(5-8)9-6-13(7-9)10-2-3-16-11(10)15/h4-5,9-10H,2-3,6-7H2,1H3/t10-/m1/s1. The topological polar surface area (TPSA) is 47.4 Å². The lowest BCUT2D eigenvalue weighted by Crippen LogP contribution is -2.54. The van der Waals surface area contributed by atoms with Gasteiger partial charge < -0.3 is 4.74 Å². The molecule has 0 N–H and O–H groups in total. The van der Waals surface area contributed by atoms with E-state index >= 15 is 0 Å². The molecule has 3 rings (SSSR count). The second-order valence-electron chi connectivity index (χ2n) is 4.58. The molecule has 0 radical (unpaired) electrons. The molecular weight excluding hydrogens is 206 g/mol. The Balaban J connectivity index is 1.60. The number of carbonyl (C=O) groups is 1. The summed E-state index contributed by atoms with van der Waals surface area (Å²) in [6.07, 6.45) is 4.76. The first kappa shape index (κ1) is 9.84. The Hall–Kier alpha value is -1.36. The van der Waals surface area contributed by atoms with E-state index in [4.69, 9.17) is 4.74 Å². The molecule has 1 aromatic rings. The van der Waals surface area contributed by atoms with Crippen molar-refractivity contribution in [1.29, 1.82) is 0 Å². The summed E-state index contributed by atoms with van der Waals surface area (Å²) in [5.74, 6) is -0.0601. The van der Waals surface area contributed by atoms with Crippen molar-refractivity contribution in [2.45, 2.75) is 25.4 Å². The fraction of sp³-hybridized carbons (Fsp3) is 0.636. The van der Waals surface area contributed by atoms with Crippen LogP contribution in [-0.2, 0) is 9.53 Å². The molecular formula is C11H15N3O2. The van der Waals surface area contributed by atoms with Gasteiger partial charge in [-0.15, -0.1) is 0 Å². The van der Waals surface area contributed by atoms with Gasteiger partial charge in [0, 0.05) is 25.7 Å². The molecule has 0 aliphatic carbocycles. The van der Waals surface area contributed by atoms with Gasteiger partial charge in [-0.25, -0.2) is 0 Å². The number of ether oxygens (including phenoxy) is 1. The number of aryl methyl sites for hydroxylation is 1. The van der Waals surface area contributed by atoms with Crippen molar-refractivity contribution in [2.24, 2.45) is 0 Å². The number of nitrogens with zero attached hydrogens (tertiary/aromatic N) is 3. The van der Waals surface area contributed by atoms with Crippen LogP contribution in [0.15, 0.2) is 12.4 Å². The van der Waals surface area contributed by atoms with E-state index in [2.05, 4.69) is 16.2 Å². The summed E-state index contributed by atoms with van der Waals surface area (Å²) in [6, 6.07) is 0.412. The molecule has 2 fully saturated rings. The van der Waals surface area contributed by atoms with Gasteiger partial charge in [-0.2, -0.15) is 5.10 Å². The maximum atomic E-state index is 11.4. The molecule has 3 heterocycles. The van der Waals surface area contributed by atoms with Gasteiger partial charge in [-0.05, 0) is 12.5 Å². The van der Waals surface area contributed by atoms with Crippen LogP contribution in [0.25, 0.3) is 0 Å². The lowest BCUT2D eigenvalue weighted by atomic mass is 10.0. The molecule has 0 unspecified atom stereocenters. The number of carbonyl (C=O) groups excluding carboxylic acids is 1. The molecule has 86 valence electrons. The first-order chi connectivity index (χ1) is 7.74. The smallest absolute Gasteiger partial charge is 0.323 e. The van der Waals surface area contributed by atoms with Crippen molar-refractivity contribution >= 4 is 5.97 Å². The van der Waals surface area contributed by atoms with Gasteiger partial charge in [0.15, 0.2) is 0 Å². The van der Waals surface area contributed by atoms with Gasteiger partial charge in [0.1, 0.15) is 6.04 Å². The Morgan fingerprint density at radius 1 is 1.50 bits per heavy atom. The van der Waals surface area contributed by atoms with Crippen LogP contribution in [0.2, 0.25) is 0 Å². The highest BCUT2D eigenvalue weighted by Crippen LogP contribution is 2.26. The van der Waals surface area contributed by atoms with Gasteiger partial charge in [0.05, 0.1) is 18.8 Å². The average Bonchev–Trinajstić information content (AvgIpc) is 2.75. The Morgan fingerprint density at radius 2 is 2.31 bits per heavy atom. The van der Waals surface area contributed by atoms with Crippen LogP contribution in [0.3, 0.4) is 0 Å². The molecule has 0 saturated carbocycles. The molecule has 1 aromatic heterocycles. The zero-order valence-electron chi connectivity index (χ0n) is 9.30. The third kappa shape index (κ3) is 1.51. The number of rotatable bonds is 2. The minimum Gasteiger partial charge on any atom is -0.464 e. The maximum Gasteiger partial charge on any atom is 0.323 e. The van der Waals surface area contributed by atoms with E-state index in [1.54, 1.807) is 0 Å². The molecule has 2 aliphatic rings. The normalized spacial score (nSPS) is 26.8. The molecule has 1 atom stereocenters. The Labute approximate surface area is 94.0 Å². The summed E-state index contributed by atoms with van der Waals surface area (Å²) in [4.78, 5) is 13.5. The number of cyclic esters (lactones) is 1. The van der Waals surface area contributed by atoms with Crippen molar-refractivity contribution in [2.75, 3.05) is 19.7 Å². The van der Waals surface area contributed by atoms with Gasteiger partial charge in [0.2, 0.25) is 0 Å². The molecule has 16 heavy (non-hydrogen) atoms. The number of esters is 1. The second-order valence-corrected chi connectivity index (χ2v) is 4.58. The SMILES string of the molecule is Cc1cnn(C2CN([C@@H]3CCOC3=O)C2)c1. The van der Waals surface area contributed by atoms with E-state index in [1.807, 2.05) is 17.8 Å². The van der Waals surface area contributed by atoms with E-state index in [0.717, 1.165) is 19.5 Å². The number of likely N-dealkylation sites (tertiary alicyclic amines) is 1. The summed E-state index contributed by atoms with van der Waals surface area (Å²) in [7, 11) is 0. The Morgan fingerprint density at radius 3 is 2.88 bits per heavy atom. The summed E-state index contributed by atoms with van der Waals surface area (Å²) >= 11 is 0. The highest BCUT2D eigenvalue weighted by Gasteiger charge is 2.40. The molecule has 5 nitrogen and oxygen atoms in total. The predicted octanol–water partition coefficient (Wildman–Crippen LogP) is 0.364. The van der Waals surface area contributed by atoms with Gasteiger partial charge in [-0.3, -0.25) is 14.4 Å². The van der Waals surface area contributed by atoms with Gasteiger partial charge in [-0.1, -0.05) is 0 Å². The summed E-state index contributed by atoms with van der Waals surface area (Å²) in [5.41, 5.74) is 1.18. The van der Waals surface area contributed by atoms with E-state index in [-0.39, 0.29) is 12.0 Å². The number of hydrogen-bond donors (Lipinski definition) is 0. The molecule has 0 spiro atoms. The summed E-state index contributed by atoms with van der Waals surface area (Å²) in [5, 5.41) is 4.29. The fourth-order valence-corrected chi connectivity index (χ4v) is 2.36. The fourth-order valence-electron chi connectivity index (χ4n) is 2.36. The lowest BCUT2D eigenvalue weighted by Gasteiger charge is -2.41. The van der Waals surface area contributed by atoms with E-state index < -0.39 is 0 Å². The quantitative estimate of drug-likeness (QED) is 0.677. The predicted molar refractivity (Wildman–Crippen MR) is 56.9 cm³/mol. The third-order valence-corrected chi connectivity index (χ3v) is 3.34. The minimum absolute atomic E-state index is 0.00657. The zero-order valence-corrected chi connectivity index (χ0v) is 9.30. The molecule has 0 bridgehead atoms. The highest BCUT2D eigenvalue weighted by molar-refractivity contribution is 5.77. The number of aromatic nitrogens is 2. The molecule has 0 aromatic carbocycles. The summed E-state index contributed by atoms with van der Waals surface area (Å²) in [6.45, 7) is 4.42. The van der Waals surface area contributed by atoms with Gasteiger partial charge in [0.25, 0.3) is 0 Å². The van der Waals surface area contributed by atoms with E-state index in [0.29, 0.717) is 12.6 Å². The lowest BCUT2D eigenvalue weighted by molar-refractivity contribution is -0.144. The van der Waals surface area contributed by atoms with Crippen LogP contribution in [0, 0.1) is 6.92 Å². The van der Waals surface area contributed by atoms with Crippen LogP contribution < -0.4 is 0 Å². The van der Waals surface area contributed by atoms with E-state index in [9.17, 15) is 4.79 Å². The van der Waals surface area contributed by atoms with Gasteiger partial charge >= 0.3 is 5.97 Å². The molecule has 0 amide bonds. The minimum atomic E-state index is -0.0601. The van der Waals surface area contributed by atoms with Crippen molar-refractivity contribution in [3.63, 3.8) is 0 Å². The maximum absolute atomic E-state index is 11.4. The van der Waals surface area contributed by atoms with E-state index in [1.165, 1.54) is 5.56 Å². The van der Waals surface area contributed by atoms with Crippen molar-refractivity contribution in [3.05, 3.63) is 18.0 Å². The van der Waals surface area contributed by atoms with Crippen LogP contribution >= 0.6 is 0 Å². The number of hydrogen-bond acceptors (Lipinski definition) is 4. The first-order valence-corrected chi connectivity index (χ1v) is 5.65. The third-order valence-electron chi connectivity index (χ3n) is 3.34. The van der Waals surface area contributed by atoms with Crippen molar-refractivity contribution in [3.8, 4) is 0 Å². The van der Waals surface area contributed by atoms with Crippen LogP contribution in [0.5, 0.6) is 0 Å². The zero-order chi connectivity index (χ0) is 11.1. The Bertz CT molecular complexity index is 409. The second kappa shape index (κ2) is 3.59. The molecule has 5 heteroatoms. The monoisotopic (exact) mass is 221 g/mol.